The molecular weight excluding hydrogens is 292 g/mol. The van der Waals surface area contributed by atoms with Gasteiger partial charge in [0.05, 0.1) is 10.5 Å². The Balaban J connectivity index is 1.81. The fourth-order valence-corrected chi connectivity index (χ4v) is 2.50. The Morgan fingerprint density at radius 1 is 0.857 bits per heavy atom. The molecule has 0 radical (unpaired) electrons. The van der Waals surface area contributed by atoms with Gasteiger partial charge in [0, 0.05) is 0 Å². The summed E-state index contributed by atoms with van der Waals surface area (Å²) in [6.07, 6.45) is 0. The van der Waals surface area contributed by atoms with Crippen LogP contribution in [0.4, 0.5) is 0 Å². The molecule has 0 aliphatic carbocycles. The van der Waals surface area contributed by atoms with Gasteiger partial charge in [0.2, 0.25) is 0 Å². The van der Waals surface area contributed by atoms with E-state index in [1.54, 1.807) is 48.5 Å². The minimum Gasteiger partial charge on any atom is -0.460 e. The second kappa shape index (κ2) is 7.01. The smallest absolute Gasteiger partial charge is 0.338 e. The zero-order valence-corrected chi connectivity index (χ0v) is 12.0. The van der Waals surface area contributed by atoms with E-state index in [1.165, 1.54) is 12.1 Å². The third-order valence-corrected chi connectivity index (χ3v) is 3.92. The first-order valence-corrected chi connectivity index (χ1v) is 7.67. The lowest BCUT2D eigenvalue weighted by molar-refractivity contribution is 0.0453. The van der Waals surface area contributed by atoms with Gasteiger partial charge in [-0.15, -0.1) is 0 Å². The van der Waals surface area contributed by atoms with Crippen molar-refractivity contribution >= 4 is 16.1 Å². The molecule has 0 N–H and O–H groups in total. The zero-order chi connectivity index (χ0) is 15.1. The van der Waals surface area contributed by atoms with Gasteiger partial charge < -0.3 is 4.74 Å². The monoisotopic (exact) mass is 306 g/mol. The van der Waals surface area contributed by atoms with Crippen LogP contribution in [0.1, 0.15) is 10.4 Å². The maximum Gasteiger partial charge on any atom is 0.338 e. The van der Waals surface area contributed by atoms with E-state index >= 15 is 0 Å². The molecule has 0 amide bonds. The molecule has 0 bridgehead atoms. The first kappa shape index (κ1) is 15.2. The summed E-state index contributed by atoms with van der Waals surface area (Å²) in [7, 11) is -3.81. The lowest BCUT2D eigenvalue weighted by Gasteiger charge is -2.06. The van der Waals surface area contributed by atoms with E-state index in [0.717, 1.165) is 0 Å². The zero-order valence-electron chi connectivity index (χ0n) is 11.1. The van der Waals surface area contributed by atoms with E-state index < -0.39 is 16.1 Å². The number of esters is 1. The standard InChI is InChI=1S/C15H14O5S/c16-15(13-7-3-1-4-8-13)19-11-12-20-21(17,18)14-9-5-2-6-10-14/h1-10H,11-12H2. The highest BCUT2D eigenvalue weighted by Gasteiger charge is 2.14. The van der Waals surface area contributed by atoms with Crippen LogP contribution in [0.3, 0.4) is 0 Å². The highest BCUT2D eigenvalue weighted by molar-refractivity contribution is 7.86. The summed E-state index contributed by atoms with van der Waals surface area (Å²) in [5.74, 6) is -0.517. The molecule has 0 saturated carbocycles. The molecule has 2 aromatic rings. The van der Waals surface area contributed by atoms with Gasteiger partial charge in [0.25, 0.3) is 10.1 Å². The maximum absolute atomic E-state index is 11.8. The lowest BCUT2D eigenvalue weighted by Crippen LogP contribution is -2.14. The third kappa shape index (κ3) is 4.40. The Kier molecular flexibility index (Phi) is 5.08. The number of rotatable bonds is 6. The van der Waals surface area contributed by atoms with Gasteiger partial charge in [-0.1, -0.05) is 36.4 Å². The summed E-state index contributed by atoms with van der Waals surface area (Å²) in [4.78, 5) is 11.7. The van der Waals surface area contributed by atoms with Crippen LogP contribution in [0.5, 0.6) is 0 Å². The van der Waals surface area contributed by atoms with Crippen LogP contribution < -0.4 is 0 Å². The summed E-state index contributed by atoms with van der Waals surface area (Å²) < 4.78 is 33.3. The summed E-state index contributed by atoms with van der Waals surface area (Å²) in [5.41, 5.74) is 0.406. The van der Waals surface area contributed by atoms with Crippen LogP contribution in [0.25, 0.3) is 0 Å². The van der Waals surface area contributed by atoms with Crippen LogP contribution in [0, 0.1) is 0 Å². The Labute approximate surface area is 123 Å². The number of carbonyl (C=O) groups excluding carboxylic acids is 1. The van der Waals surface area contributed by atoms with Crippen molar-refractivity contribution < 1.29 is 22.1 Å². The predicted octanol–water partition coefficient (Wildman–Crippen LogP) is 2.25. The molecule has 6 heteroatoms. The van der Waals surface area contributed by atoms with Gasteiger partial charge in [0.15, 0.2) is 0 Å². The molecule has 0 aromatic heterocycles. The van der Waals surface area contributed by atoms with E-state index in [0.29, 0.717) is 5.56 Å². The third-order valence-electron chi connectivity index (χ3n) is 2.60. The molecule has 0 heterocycles. The minimum atomic E-state index is -3.81. The molecule has 0 unspecified atom stereocenters. The maximum atomic E-state index is 11.8. The van der Waals surface area contributed by atoms with Crippen LogP contribution in [0.2, 0.25) is 0 Å². The average Bonchev–Trinajstić information content (AvgIpc) is 2.53. The van der Waals surface area contributed by atoms with E-state index in [9.17, 15) is 13.2 Å². The topological polar surface area (TPSA) is 69.7 Å². The van der Waals surface area contributed by atoms with Gasteiger partial charge >= 0.3 is 5.97 Å². The Morgan fingerprint density at radius 3 is 2.05 bits per heavy atom. The van der Waals surface area contributed by atoms with Gasteiger partial charge in [-0.2, -0.15) is 8.42 Å². The van der Waals surface area contributed by atoms with Crippen molar-refractivity contribution in [2.24, 2.45) is 0 Å². The first-order chi connectivity index (χ1) is 10.1. The highest BCUT2D eigenvalue weighted by Crippen LogP contribution is 2.11. The van der Waals surface area contributed by atoms with E-state index in [1.807, 2.05) is 0 Å². The summed E-state index contributed by atoms with van der Waals surface area (Å²) in [5, 5.41) is 0. The Bertz CT molecular complexity index is 681. The van der Waals surface area contributed by atoms with Gasteiger partial charge in [0.1, 0.15) is 13.2 Å². The summed E-state index contributed by atoms with van der Waals surface area (Å²) in [6.45, 7) is -0.365. The largest absolute Gasteiger partial charge is 0.460 e. The van der Waals surface area contributed by atoms with Crippen molar-refractivity contribution in [3.05, 3.63) is 66.2 Å². The number of hydrogen-bond donors (Lipinski definition) is 0. The highest BCUT2D eigenvalue weighted by atomic mass is 32.2. The molecule has 0 spiro atoms. The second-order valence-corrected chi connectivity index (χ2v) is 5.71. The molecule has 0 aliphatic rings. The van der Waals surface area contributed by atoms with E-state index in [4.69, 9.17) is 8.92 Å². The molecular formula is C15H14O5S. The molecule has 2 rings (SSSR count). The summed E-state index contributed by atoms with van der Waals surface area (Å²) in [6, 6.07) is 16.2. The van der Waals surface area contributed by atoms with Gasteiger partial charge in [-0.3, -0.25) is 4.18 Å². The number of benzene rings is 2. The second-order valence-electron chi connectivity index (χ2n) is 4.09. The van der Waals surface area contributed by atoms with Crippen molar-refractivity contribution in [2.75, 3.05) is 13.2 Å². The first-order valence-electron chi connectivity index (χ1n) is 6.26. The van der Waals surface area contributed by atoms with Crippen LogP contribution in [0.15, 0.2) is 65.6 Å². The van der Waals surface area contributed by atoms with Crippen molar-refractivity contribution in [3.8, 4) is 0 Å². The minimum absolute atomic E-state index is 0.0689. The number of ether oxygens (including phenoxy) is 1. The normalized spacial score (nSPS) is 11.0. The molecule has 2 aromatic carbocycles. The van der Waals surface area contributed by atoms with Gasteiger partial charge in [-0.05, 0) is 24.3 Å². The predicted molar refractivity (Wildman–Crippen MR) is 76.3 cm³/mol. The number of hydrogen-bond acceptors (Lipinski definition) is 5. The van der Waals surface area contributed by atoms with Crippen LogP contribution >= 0.6 is 0 Å². The van der Waals surface area contributed by atoms with Gasteiger partial charge in [-0.25, -0.2) is 4.79 Å². The number of carbonyl (C=O) groups is 1. The molecule has 0 fully saturated rings. The van der Waals surface area contributed by atoms with Crippen molar-refractivity contribution in [1.82, 2.24) is 0 Å². The average molecular weight is 306 g/mol. The van der Waals surface area contributed by atoms with Crippen molar-refractivity contribution in [2.45, 2.75) is 4.90 Å². The van der Waals surface area contributed by atoms with Crippen molar-refractivity contribution in [1.29, 1.82) is 0 Å². The van der Waals surface area contributed by atoms with Crippen molar-refractivity contribution in [3.63, 3.8) is 0 Å². The summed E-state index contributed by atoms with van der Waals surface area (Å²) >= 11 is 0. The molecule has 110 valence electrons. The molecule has 0 aliphatic heterocycles. The Hall–Kier alpha value is -2.18. The fourth-order valence-electron chi connectivity index (χ4n) is 1.59. The Morgan fingerprint density at radius 2 is 1.43 bits per heavy atom. The molecule has 0 saturated heterocycles. The lowest BCUT2D eigenvalue weighted by atomic mass is 10.2. The fraction of sp³-hybridized carbons (Fsp3) is 0.133. The SMILES string of the molecule is O=C(OCCOS(=O)(=O)c1ccccc1)c1ccccc1. The molecule has 21 heavy (non-hydrogen) atoms. The quantitative estimate of drug-likeness (QED) is 0.465. The molecule has 0 atom stereocenters. The molecule has 5 nitrogen and oxygen atoms in total. The van der Waals surface area contributed by atoms with Crippen LogP contribution in [-0.4, -0.2) is 27.6 Å². The van der Waals surface area contributed by atoms with Crippen LogP contribution in [-0.2, 0) is 19.0 Å². The van der Waals surface area contributed by atoms with E-state index in [-0.39, 0.29) is 18.1 Å². The van der Waals surface area contributed by atoms with E-state index in [2.05, 4.69) is 0 Å².